The number of sulfonamides is 1. The fourth-order valence-electron chi connectivity index (χ4n) is 2.43. The molecule has 1 heterocycles. The molecule has 0 aliphatic carbocycles. The van der Waals surface area contributed by atoms with E-state index < -0.39 is 44.5 Å². The van der Waals surface area contributed by atoms with Crippen molar-refractivity contribution in [2.75, 3.05) is 24.7 Å². The van der Waals surface area contributed by atoms with Crippen LogP contribution in [0.5, 0.6) is 0 Å². The lowest BCUT2D eigenvalue weighted by Gasteiger charge is -2.28. The van der Waals surface area contributed by atoms with Crippen LogP contribution >= 0.6 is 23.8 Å². The average molecular weight is 474 g/mol. The van der Waals surface area contributed by atoms with Gasteiger partial charge in [-0.3, -0.25) is 0 Å². The lowest BCUT2D eigenvalue weighted by molar-refractivity contribution is 0.0402. The van der Waals surface area contributed by atoms with E-state index in [1.54, 1.807) is 0 Å². The van der Waals surface area contributed by atoms with Crippen LogP contribution in [0.1, 0.15) is 6.55 Å². The van der Waals surface area contributed by atoms with Crippen molar-refractivity contribution in [1.29, 1.82) is 0 Å². The van der Waals surface area contributed by atoms with Gasteiger partial charge in [0.25, 0.3) is 0 Å². The van der Waals surface area contributed by atoms with Crippen LogP contribution in [-0.4, -0.2) is 52.7 Å². The molecule has 0 amide bonds. The number of alkyl halides is 2. The molecule has 1 aromatic heterocycles. The zero-order valence-corrected chi connectivity index (χ0v) is 17.8. The minimum atomic E-state index is -4.09. The smallest absolute Gasteiger partial charge is 0.354 e. The van der Waals surface area contributed by atoms with E-state index >= 15 is 0 Å². The van der Waals surface area contributed by atoms with Crippen LogP contribution in [-0.2, 0) is 17.1 Å². The highest BCUT2D eigenvalue weighted by molar-refractivity contribution is 7.94. The third-order valence-corrected chi connectivity index (χ3v) is 5.73. The zero-order chi connectivity index (χ0) is 22.4. The molecule has 0 atom stereocenters. The molecule has 2 rings (SSSR count). The molecule has 1 aromatic carbocycles. The van der Waals surface area contributed by atoms with Crippen LogP contribution in [0.2, 0.25) is 5.02 Å². The van der Waals surface area contributed by atoms with Gasteiger partial charge in [0.1, 0.15) is 5.82 Å². The highest BCUT2D eigenvalue weighted by Crippen LogP contribution is 2.32. The molecular formula is C14H15ClF3N5O4S2. The van der Waals surface area contributed by atoms with Crippen molar-refractivity contribution in [2.45, 2.75) is 6.55 Å². The molecule has 0 radical (unpaired) electrons. The largest absolute Gasteiger partial charge is 0.356 e. The second kappa shape index (κ2) is 7.84. The Morgan fingerprint density at radius 1 is 1.21 bits per heavy atom. The lowest BCUT2D eigenvalue weighted by atomic mass is 10.2. The summed E-state index contributed by atoms with van der Waals surface area (Å²) in [6.45, 7) is -3.37. The quantitative estimate of drug-likeness (QED) is 0.619. The monoisotopic (exact) mass is 473 g/mol. The number of nitrogens with zero attached hydrogens (tertiary/aromatic N) is 5. The summed E-state index contributed by atoms with van der Waals surface area (Å²) in [6.07, 6.45) is 0.806. The van der Waals surface area contributed by atoms with Gasteiger partial charge in [0.05, 0.1) is 22.7 Å². The summed E-state index contributed by atoms with van der Waals surface area (Å²) in [7, 11) is -0.299. The van der Waals surface area contributed by atoms with Crippen molar-refractivity contribution in [1.82, 2.24) is 18.8 Å². The summed E-state index contributed by atoms with van der Waals surface area (Å²) in [5.74, 6) is -1.21. The minimum absolute atomic E-state index is 0.139. The van der Waals surface area contributed by atoms with E-state index in [-0.39, 0.29) is 20.0 Å². The van der Waals surface area contributed by atoms with Gasteiger partial charge in [0.2, 0.25) is 10.0 Å². The number of benzene rings is 1. The highest BCUT2D eigenvalue weighted by Gasteiger charge is 2.29. The average Bonchev–Trinajstić information content (AvgIpc) is 2.78. The van der Waals surface area contributed by atoms with E-state index in [9.17, 15) is 31.2 Å². The van der Waals surface area contributed by atoms with Crippen molar-refractivity contribution >= 4 is 44.6 Å². The Hall–Kier alpha value is -2.32. The minimum Gasteiger partial charge on any atom is -0.354 e. The normalized spacial score (nSPS) is 11.8. The van der Waals surface area contributed by atoms with Crippen molar-refractivity contribution in [2.24, 2.45) is 7.05 Å². The molecule has 15 heteroatoms. The van der Waals surface area contributed by atoms with Crippen molar-refractivity contribution in [3.63, 3.8) is 0 Å². The van der Waals surface area contributed by atoms with Crippen molar-refractivity contribution in [3.05, 3.63) is 43.9 Å². The molecule has 2 aromatic rings. The van der Waals surface area contributed by atoms with Gasteiger partial charge in [-0.2, -0.15) is 13.5 Å². The predicted octanol–water partition coefficient (Wildman–Crippen LogP) is 1.14. The van der Waals surface area contributed by atoms with Gasteiger partial charge in [0.15, 0.2) is 5.11 Å². The number of halogens is 4. The first-order valence-corrected chi connectivity index (χ1v) is 10.2. The fraction of sp³-hybridized carbons (Fsp3) is 0.357. The Bertz CT molecular complexity index is 1200. The number of aromatic nitrogens is 3. The summed E-state index contributed by atoms with van der Waals surface area (Å²) in [6, 6.07) is 1.42. The van der Waals surface area contributed by atoms with Crippen LogP contribution < -0.4 is 15.7 Å². The van der Waals surface area contributed by atoms with Crippen LogP contribution in [0.25, 0.3) is 5.69 Å². The maximum atomic E-state index is 14.5. The van der Waals surface area contributed by atoms with Crippen LogP contribution in [0.4, 0.5) is 18.9 Å². The summed E-state index contributed by atoms with van der Waals surface area (Å²) < 4.78 is 66.1. The topological polar surface area (TPSA) is 89.5 Å². The van der Waals surface area contributed by atoms with Gasteiger partial charge < -0.3 is 4.90 Å². The Morgan fingerprint density at radius 3 is 2.17 bits per heavy atom. The number of hydrogen-bond acceptors (Lipinski definition) is 5. The maximum Gasteiger partial charge on any atom is 0.356 e. The molecular weight excluding hydrogens is 459 g/mol. The Kier molecular flexibility index (Phi) is 6.20. The molecule has 0 N–H and O–H groups in total. The van der Waals surface area contributed by atoms with Gasteiger partial charge in [-0.05, 0) is 24.4 Å². The summed E-state index contributed by atoms with van der Waals surface area (Å²) in [5, 5.41) is -0.656. The third-order valence-electron chi connectivity index (χ3n) is 3.73. The zero-order valence-electron chi connectivity index (χ0n) is 15.4. The lowest BCUT2D eigenvalue weighted by Crippen LogP contribution is -2.43. The van der Waals surface area contributed by atoms with Crippen LogP contribution in [0.3, 0.4) is 0 Å². The molecule has 0 saturated heterocycles. The fourth-order valence-corrected chi connectivity index (χ4v) is 4.17. The molecule has 0 saturated carbocycles. The molecule has 0 aliphatic heterocycles. The van der Waals surface area contributed by atoms with E-state index in [0.717, 1.165) is 19.4 Å². The summed E-state index contributed by atoms with van der Waals surface area (Å²) in [4.78, 5) is 25.8. The first-order chi connectivity index (χ1) is 13.2. The second-order valence-corrected chi connectivity index (χ2v) is 8.61. The molecule has 0 spiro atoms. The molecule has 0 fully saturated rings. The molecule has 0 bridgehead atoms. The SMILES string of the molecule is CN(C)C(=S)N(c1cc(-n2c(=O)n(C)n(C(F)F)c2=O)c(F)cc1Cl)S(C)(=O)=O. The van der Waals surface area contributed by atoms with Crippen LogP contribution in [0, 0.1) is 5.82 Å². The Labute approximate surface area is 173 Å². The number of rotatable bonds is 4. The van der Waals surface area contributed by atoms with Crippen molar-refractivity contribution < 1.29 is 21.6 Å². The number of thiocarbonyl (C=S) groups is 1. The Balaban J connectivity index is 2.90. The van der Waals surface area contributed by atoms with Gasteiger partial charge in [-0.25, -0.2) is 36.0 Å². The predicted molar refractivity (Wildman–Crippen MR) is 105 cm³/mol. The van der Waals surface area contributed by atoms with E-state index in [1.807, 2.05) is 0 Å². The molecule has 0 aliphatic rings. The van der Waals surface area contributed by atoms with Crippen molar-refractivity contribution in [3.8, 4) is 5.69 Å². The highest BCUT2D eigenvalue weighted by atomic mass is 35.5. The van der Waals surface area contributed by atoms with E-state index in [1.165, 1.54) is 19.0 Å². The first kappa shape index (κ1) is 23.0. The van der Waals surface area contributed by atoms with E-state index in [0.29, 0.717) is 15.1 Å². The summed E-state index contributed by atoms with van der Waals surface area (Å²) >= 11 is 11.1. The third kappa shape index (κ3) is 4.04. The number of hydrogen-bond donors (Lipinski definition) is 0. The molecule has 160 valence electrons. The van der Waals surface area contributed by atoms with Gasteiger partial charge in [0, 0.05) is 21.1 Å². The maximum absolute atomic E-state index is 14.5. The summed E-state index contributed by atoms with van der Waals surface area (Å²) in [5.41, 5.74) is -3.95. The first-order valence-electron chi connectivity index (χ1n) is 7.59. The van der Waals surface area contributed by atoms with Crippen LogP contribution in [0.15, 0.2) is 21.7 Å². The molecule has 0 unspecified atom stereocenters. The molecule has 9 nitrogen and oxygen atoms in total. The van der Waals surface area contributed by atoms with Gasteiger partial charge in [-0.15, -0.1) is 0 Å². The second-order valence-electron chi connectivity index (χ2n) is 6.01. The van der Waals surface area contributed by atoms with E-state index in [4.69, 9.17) is 23.8 Å². The van der Waals surface area contributed by atoms with E-state index in [2.05, 4.69) is 0 Å². The molecule has 29 heavy (non-hydrogen) atoms. The Morgan fingerprint density at radius 2 is 1.76 bits per heavy atom. The van der Waals surface area contributed by atoms with Gasteiger partial charge in [-0.1, -0.05) is 11.6 Å². The number of anilines is 1. The standard InChI is InChI=1S/C14H15ClF3N5O4S2/c1-19(2)14(28)23(29(4,26)27)9-6-10(8(16)5-7(9)15)21-12(24)20(3)22(11(17)18)13(21)25/h5-6,11H,1-4H3. The van der Waals surface area contributed by atoms with Gasteiger partial charge >= 0.3 is 17.9 Å².